The summed E-state index contributed by atoms with van der Waals surface area (Å²) in [6.07, 6.45) is 1.33. The number of aryl methyl sites for hydroxylation is 1. The van der Waals surface area contributed by atoms with Gasteiger partial charge in [-0.1, -0.05) is 35.5 Å². The highest BCUT2D eigenvalue weighted by Gasteiger charge is 2.32. The zero-order chi connectivity index (χ0) is 19.7. The molecule has 0 aliphatic carbocycles. The molecule has 0 saturated carbocycles. The molecule has 4 rings (SSSR count). The molecule has 1 fully saturated rings. The summed E-state index contributed by atoms with van der Waals surface area (Å²) in [6, 6.07) is 14.8. The number of aromatic nitrogens is 2. The lowest BCUT2D eigenvalue weighted by Gasteiger charge is -2.30. The van der Waals surface area contributed by atoms with Gasteiger partial charge in [0.05, 0.1) is 4.90 Å². The molecule has 0 bridgehead atoms. The predicted octanol–water partition coefficient (Wildman–Crippen LogP) is 4.38. The molecule has 0 atom stereocenters. The van der Waals surface area contributed by atoms with Crippen molar-refractivity contribution in [3.63, 3.8) is 0 Å². The smallest absolute Gasteiger partial charge is 0.258 e. The molecule has 0 radical (unpaired) electrons. The predicted molar refractivity (Wildman–Crippen MR) is 109 cm³/mol. The van der Waals surface area contributed by atoms with E-state index in [0.717, 1.165) is 11.1 Å². The maximum Gasteiger partial charge on any atom is 0.258 e. The van der Waals surface area contributed by atoms with Gasteiger partial charge in [-0.25, -0.2) is 8.42 Å². The lowest BCUT2D eigenvalue weighted by atomic mass is 9.97. The molecule has 6 nitrogen and oxygen atoms in total. The van der Waals surface area contributed by atoms with Gasteiger partial charge >= 0.3 is 0 Å². The van der Waals surface area contributed by atoms with E-state index in [1.165, 1.54) is 4.31 Å². The van der Waals surface area contributed by atoms with Gasteiger partial charge in [-0.2, -0.15) is 9.29 Å². The first-order valence-corrected chi connectivity index (χ1v) is 11.3. The number of halogens is 1. The van der Waals surface area contributed by atoms with E-state index in [-0.39, 0.29) is 5.92 Å². The standard InChI is InChI=1S/C20H20BrN3O3S/c1-14-6-2-3-7-16(14)20-22-19(23-27-20)15-10-12-24(13-11-15)28(25,26)18-9-5-4-8-17(18)21/h2-9,15H,10-13H2,1H3. The van der Waals surface area contributed by atoms with Crippen LogP contribution in [-0.4, -0.2) is 36.0 Å². The number of rotatable bonds is 4. The second-order valence-corrected chi connectivity index (χ2v) is 9.64. The van der Waals surface area contributed by atoms with Gasteiger partial charge < -0.3 is 4.52 Å². The fourth-order valence-corrected chi connectivity index (χ4v) is 5.90. The minimum absolute atomic E-state index is 0.0900. The molecule has 1 aliphatic heterocycles. The van der Waals surface area contributed by atoms with Crippen LogP contribution in [-0.2, 0) is 10.0 Å². The van der Waals surface area contributed by atoms with Gasteiger partial charge in [0.15, 0.2) is 5.82 Å². The molecule has 28 heavy (non-hydrogen) atoms. The van der Waals surface area contributed by atoms with Crippen LogP contribution in [0.5, 0.6) is 0 Å². The van der Waals surface area contributed by atoms with E-state index in [1.54, 1.807) is 24.3 Å². The summed E-state index contributed by atoms with van der Waals surface area (Å²) in [4.78, 5) is 4.87. The Morgan fingerprint density at radius 1 is 1.07 bits per heavy atom. The van der Waals surface area contributed by atoms with Crippen LogP contribution in [0.1, 0.15) is 30.1 Å². The summed E-state index contributed by atoms with van der Waals surface area (Å²) in [5.41, 5.74) is 2.00. The van der Waals surface area contributed by atoms with Gasteiger partial charge in [0.1, 0.15) is 0 Å². The Labute approximate surface area is 172 Å². The molecule has 1 aromatic heterocycles. The van der Waals surface area contributed by atoms with Crippen molar-refractivity contribution in [2.45, 2.75) is 30.6 Å². The van der Waals surface area contributed by atoms with Crippen molar-refractivity contribution < 1.29 is 12.9 Å². The monoisotopic (exact) mass is 461 g/mol. The maximum absolute atomic E-state index is 12.9. The van der Waals surface area contributed by atoms with Crippen LogP contribution in [0.2, 0.25) is 0 Å². The fraction of sp³-hybridized carbons (Fsp3) is 0.300. The van der Waals surface area contributed by atoms with E-state index >= 15 is 0 Å². The van der Waals surface area contributed by atoms with E-state index < -0.39 is 10.0 Å². The van der Waals surface area contributed by atoms with E-state index in [4.69, 9.17) is 4.52 Å². The highest BCUT2D eigenvalue weighted by atomic mass is 79.9. The third kappa shape index (κ3) is 3.64. The first-order chi connectivity index (χ1) is 13.5. The summed E-state index contributed by atoms with van der Waals surface area (Å²) in [5, 5.41) is 4.16. The van der Waals surface area contributed by atoms with Crippen LogP contribution in [0.3, 0.4) is 0 Å². The Morgan fingerprint density at radius 3 is 2.46 bits per heavy atom. The van der Waals surface area contributed by atoms with Gasteiger partial charge in [-0.15, -0.1) is 0 Å². The van der Waals surface area contributed by atoms with Crippen LogP contribution in [0.15, 0.2) is 62.4 Å². The average Bonchev–Trinajstić information content (AvgIpc) is 3.18. The maximum atomic E-state index is 12.9. The molecule has 2 heterocycles. The molecule has 0 amide bonds. The van der Waals surface area contributed by atoms with E-state index in [2.05, 4.69) is 26.1 Å². The number of sulfonamides is 1. The molecule has 0 N–H and O–H groups in total. The van der Waals surface area contributed by atoms with Crippen molar-refractivity contribution in [3.05, 3.63) is 64.4 Å². The quantitative estimate of drug-likeness (QED) is 0.576. The number of benzene rings is 2. The van der Waals surface area contributed by atoms with Gasteiger partial charge in [0.2, 0.25) is 10.0 Å². The molecule has 3 aromatic rings. The zero-order valence-corrected chi connectivity index (χ0v) is 17.8. The SMILES string of the molecule is Cc1ccccc1-c1nc(C2CCN(S(=O)(=O)c3ccccc3Br)CC2)no1. The summed E-state index contributed by atoms with van der Waals surface area (Å²) >= 11 is 3.34. The van der Waals surface area contributed by atoms with Gasteiger partial charge in [-0.05, 0) is 59.5 Å². The van der Waals surface area contributed by atoms with E-state index in [0.29, 0.717) is 47.0 Å². The molecule has 146 valence electrons. The number of hydrogen-bond acceptors (Lipinski definition) is 5. The third-order valence-corrected chi connectivity index (χ3v) is 8.00. The minimum atomic E-state index is -3.52. The van der Waals surface area contributed by atoms with Crippen molar-refractivity contribution in [1.82, 2.24) is 14.4 Å². The Balaban J connectivity index is 1.48. The average molecular weight is 462 g/mol. The second kappa shape index (κ2) is 7.77. The first kappa shape index (κ1) is 19.3. The lowest BCUT2D eigenvalue weighted by Crippen LogP contribution is -2.38. The minimum Gasteiger partial charge on any atom is -0.334 e. The van der Waals surface area contributed by atoms with E-state index in [9.17, 15) is 8.42 Å². The van der Waals surface area contributed by atoms with Crippen molar-refractivity contribution >= 4 is 26.0 Å². The lowest BCUT2D eigenvalue weighted by molar-refractivity contribution is 0.307. The van der Waals surface area contributed by atoms with Gasteiger partial charge in [0.25, 0.3) is 5.89 Å². The topological polar surface area (TPSA) is 76.3 Å². The Bertz CT molecular complexity index is 1090. The highest BCUT2D eigenvalue weighted by Crippen LogP contribution is 2.32. The van der Waals surface area contributed by atoms with Crippen molar-refractivity contribution in [2.24, 2.45) is 0 Å². The zero-order valence-electron chi connectivity index (χ0n) is 15.4. The number of nitrogens with zero attached hydrogens (tertiary/aromatic N) is 3. The van der Waals surface area contributed by atoms with Crippen molar-refractivity contribution in [2.75, 3.05) is 13.1 Å². The molecular formula is C20H20BrN3O3S. The largest absolute Gasteiger partial charge is 0.334 e. The Hall–Kier alpha value is -2.03. The summed E-state index contributed by atoms with van der Waals surface area (Å²) < 4.78 is 33.4. The van der Waals surface area contributed by atoms with Crippen LogP contribution >= 0.6 is 15.9 Å². The van der Waals surface area contributed by atoms with Crippen molar-refractivity contribution in [1.29, 1.82) is 0 Å². The molecular weight excluding hydrogens is 442 g/mol. The second-order valence-electron chi connectivity index (χ2n) is 6.88. The molecule has 1 aliphatic rings. The normalized spacial score (nSPS) is 16.4. The molecule has 1 saturated heterocycles. The summed E-state index contributed by atoms with van der Waals surface area (Å²) in [7, 11) is -3.52. The van der Waals surface area contributed by atoms with Gasteiger partial charge in [0, 0.05) is 29.0 Å². The highest BCUT2D eigenvalue weighted by molar-refractivity contribution is 9.10. The Kier molecular flexibility index (Phi) is 5.35. The van der Waals surface area contributed by atoms with E-state index in [1.807, 2.05) is 31.2 Å². The summed E-state index contributed by atoms with van der Waals surface area (Å²) in [6.45, 7) is 2.87. The first-order valence-electron chi connectivity index (χ1n) is 9.11. The number of piperidine rings is 1. The van der Waals surface area contributed by atoms with Crippen LogP contribution < -0.4 is 0 Å². The molecule has 0 unspecified atom stereocenters. The molecule has 0 spiro atoms. The number of hydrogen-bond donors (Lipinski definition) is 0. The summed E-state index contributed by atoms with van der Waals surface area (Å²) in [5.74, 6) is 1.25. The Morgan fingerprint density at radius 2 is 1.75 bits per heavy atom. The fourth-order valence-electron chi connectivity index (χ4n) is 3.47. The van der Waals surface area contributed by atoms with Crippen LogP contribution in [0.25, 0.3) is 11.5 Å². The van der Waals surface area contributed by atoms with Crippen molar-refractivity contribution in [3.8, 4) is 11.5 Å². The molecule has 2 aromatic carbocycles. The van der Waals surface area contributed by atoms with Crippen LogP contribution in [0, 0.1) is 6.92 Å². The van der Waals surface area contributed by atoms with Gasteiger partial charge in [-0.3, -0.25) is 0 Å². The molecule has 8 heteroatoms. The van der Waals surface area contributed by atoms with Crippen LogP contribution in [0.4, 0.5) is 0 Å². The third-order valence-electron chi connectivity index (χ3n) is 5.09.